The standard InChI is InChI=1S/C21H15Br2NO3/c22-12-9-18(23)20(25)19(10-12)24-21(26)27-11-17-15-7-3-1-5-13(15)14-6-2-4-8-16(14)17/h1-10,17,25H,11H2,(H,24,26). The lowest BCUT2D eigenvalue weighted by Gasteiger charge is -2.15. The number of carbonyl (C=O) groups excluding carboxylic acids is 1. The molecule has 136 valence electrons. The summed E-state index contributed by atoms with van der Waals surface area (Å²) in [5, 5.41) is 12.7. The molecule has 4 nitrogen and oxygen atoms in total. The van der Waals surface area contributed by atoms with Gasteiger partial charge in [0.05, 0.1) is 10.2 Å². The van der Waals surface area contributed by atoms with Crippen molar-refractivity contribution >= 4 is 43.6 Å². The van der Waals surface area contributed by atoms with Gasteiger partial charge in [0.25, 0.3) is 0 Å². The van der Waals surface area contributed by atoms with E-state index >= 15 is 0 Å². The maximum atomic E-state index is 12.3. The number of carbonyl (C=O) groups is 1. The Morgan fingerprint density at radius 3 is 2.22 bits per heavy atom. The van der Waals surface area contributed by atoms with Crippen LogP contribution in [0.1, 0.15) is 17.0 Å². The molecule has 1 aliphatic rings. The quantitative estimate of drug-likeness (QED) is 0.426. The van der Waals surface area contributed by atoms with Crippen molar-refractivity contribution in [3.05, 3.63) is 80.7 Å². The Morgan fingerprint density at radius 1 is 1.00 bits per heavy atom. The van der Waals surface area contributed by atoms with Gasteiger partial charge in [0.1, 0.15) is 6.61 Å². The third-order valence-corrected chi connectivity index (χ3v) is 5.67. The summed E-state index contributed by atoms with van der Waals surface area (Å²) in [4.78, 5) is 12.3. The van der Waals surface area contributed by atoms with Crippen LogP contribution in [0.25, 0.3) is 11.1 Å². The predicted octanol–water partition coefficient (Wildman–Crippen LogP) is 6.28. The molecule has 3 aromatic rings. The molecule has 0 bridgehead atoms. The lowest BCUT2D eigenvalue weighted by atomic mass is 9.98. The van der Waals surface area contributed by atoms with Crippen molar-refractivity contribution in [2.24, 2.45) is 0 Å². The van der Waals surface area contributed by atoms with E-state index in [-0.39, 0.29) is 24.0 Å². The smallest absolute Gasteiger partial charge is 0.411 e. The average molecular weight is 489 g/mol. The Labute approximate surface area is 173 Å². The molecule has 27 heavy (non-hydrogen) atoms. The van der Waals surface area contributed by atoms with Crippen molar-refractivity contribution in [3.63, 3.8) is 0 Å². The molecule has 0 saturated heterocycles. The number of phenols is 1. The monoisotopic (exact) mass is 487 g/mol. The first-order chi connectivity index (χ1) is 13.0. The van der Waals surface area contributed by atoms with Crippen molar-refractivity contribution < 1.29 is 14.6 Å². The zero-order valence-electron chi connectivity index (χ0n) is 14.1. The first kappa shape index (κ1) is 18.1. The van der Waals surface area contributed by atoms with E-state index in [1.54, 1.807) is 12.1 Å². The van der Waals surface area contributed by atoms with E-state index in [0.717, 1.165) is 15.6 Å². The lowest BCUT2D eigenvalue weighted by molar-refractivity contribution is 0.158. The van der Waals surface area contributed by atoms with Gasteiger partial charge < -0.3 is 9.84 Å². The molecular weight excluding hydrogens is 474 g/mol. The first-order valence-corrected chi connectivity index (χ1v) is 9.93. The Kier molecular flexibility index (Phi) is 4.93. The summed E-state index contributed by atoms with van der Waals surface area (Å²) in [6.07, 6.45) is -0.614. The molecule has 0 fully saturated rings. The van der Waals surface area contributed by atoms with Crippen molar-refractivity contribution in [1.82, 2.24) is 0 Å². The fraction of sp³-hybridized carbons (Fsp3) is 0.0952. The van der Waals surface area contributed by atoms with E-state index in [4.69, 9.17) is 4.74 Å². The van der Waals surface area contributed by atoms with Gasteiger partial charge >= 0.3 is 6.09 Å². The maximum absolute atomic E-state index is 12.3. The molecule has 0 radical (unpaired) electrons. The Morgan fingerprint density at radius 2 is 1.59 bits per heavy atom. The molecule has 0 spiro atoms. The summed E-state index contributed by atoms with van der Waals surface area (Å²) in [5.41, 5.74) is 4.93. The third-order valence-electron chi connectivity index (χ3n) is 4.61. The molecule has 1 amide bonds. The summed E-state index contributed by atoms with van der Waals surface area (Å²) in [6.45, 7) is 0.218. The molecule has 0 aliphatic heterocycles. The second-order valence-corrected chi connectivity index (χ2v) is 8.00. The molecule has 2 N–H and O–H groups in total. The molecule has 0 unspecified atom stereocenters. The van der Waals surface area contributed by atoms with E-state index in [1.807, 2.05) is 24.3 Å². The number of nitrogens with one attached hydrogen (secondary N) is 1. The zero-order valence-corrected chi connectivity index (χ0v) is 17.2. The number of hydrogen-bond acceptors (Lipinski definition) is 3. The van der Waals surface area contributed by atoms with Gasteiger partial charge in [-0.25, -0.2) is 4.79 Å². The highest BCUT2D eigenvalue weighted by molar-refractivity contribution is 9.11. The van der Waals surface area contributed by atoms with Crippen LogP contribution < -0.4 is 5.32 Å². The van der Waals surface area contributed by atoms with E-state index in [2.05, 4.69) is 61.4 Å². The second-order valence-electron chi connectivity index (χ2n) is 6.23. The van der Waals surface area contributed by atoms with E-state index < -0.39 is 6.09 Å². The topological polar surface area (TPSA) is 58.6 Å². The fourth-order valence-electron chi connectivity index (χ4n) is 3.41. The Hall–Kier alpha value is -2.31. The number of anilines is 1. The van der Waals surface area contributed by atoms with Gasteiger partial charge in [-0.2, -0.15) is 0 Å². The summed E-state index contributed by atoms with van der Waals surface area (Å²) in [5.74, 6) is -0.0577. The zero-order chi connectivity index (χ0) is 19.0. The van der Waals surface area contributed by atoms with Crippen LogP contribution >= 0.6 is 31.9 Å². The molecular formula is C21H15Br2NO3. The lowest BCUT2D eigenvalue weighted by Crippen LogP contribution is -2.18. The first-order valence-electron chi connectivity index (χ1n) is 8.34. The summed E-state index contributed by atoms with van der Waals surface area (Å²) in [7, 11) is 0. The van der Waals surface area contributed by atoms with Gasteiger partial charge in [0, 0.05) is 10.4 Å². The summed E-state index contributed by atoms with van der Waals surface area (Å²) >= 11 is 6.58. The van der Waals surface area contributed by atoms with E-state index in [1.165, 1.54) is 11.1 Å². The summed E-state index contributed by atoms with van der Waals surface area (Å²) in [6, 6.07) is 19.6. The Balaban J connectivity index is 1.52. The van der Waals surface area contributed by atoms with E-state index in [9.17, 15) is 9.90 Å². The number of rotatable bonds is 3. The molecule has 6 heteroatoms. The van der Waals surface area contributed by atoms with Crippen LogP contribution in [0.2, 0.25) is 0 Å². The average Bonchev–Trinajstić information content (AvgIpc) is 2.98. The molecule has 3 aromatic carbocycles. The van der Waals surface area contributed by atoms with Gasteiger partial charge in [-0.15, -0.1) is 0 Å². The van der Waals surface area contributed by atoms with Crippen LogP contribution in [0, 0.1) is 0 Å². The highest BCUT2D eigenvalue weighted by Crippen LogP contribution is 2.44. The third kappa shape index (κ3) is 3.47. The van der Waals surface area contributed by atoms with Gasteiger partial charge in [-0.1, -0.05) is 64.5 Å². The van der Waals surface area contributed by atoms with Crippen molar-refractivity contribution in [2.75, 3.05) is 11.9 Å². The van der Waals surface area contributed by atoms with Crippen LogP contribution in [-0.2, 0) is 4.74 Å². The highest BCUT2D eigenvalue weighted by Gasteiger charge is 2.29. The molecule has 4 rings (SSSR count). The minimum absolute atomic E-state index is 0.00834. The maximum Gasteiger partial charge on any atom is 0.411 e. The van der Waals surface area contributed by atoms with Crippen LogP contribution in [0.15, 0.2) is 69.6 Å². The Bertz CT molecular complexity index is 990. The highest BCUT2D eigenvalue weighted by atomic mass is 79.9. The van der Waals surface area contributed by atoms with Gasteiger partial charge in [0.2, 0.25) is 0 Å². The van der Waals surface area contributed by atoms with Crippen LogP contribution in [0.5, 0.6) is 5.75 Å². The van der Waals surface area contributed by atoms with E-state index in [0.29, 0.717) is 4.47 Å². The molecule has 0 aromatic heterocycles. The van der Waals surface area contributed by atoms with Crippen molar-refractivity contribution in [3.8, 4) is 16.9 Å². The largest absolute Gasteiger partial charge is 0.505 e. The number of hydrogen-bond donors (Lipinski definition) is 2. The van der Waals surface area contributed by atoms with Gasteiger partial charge in [-0.05, 0) is 50.3 Å². The minimum Gasteiger partial charge on any atom is -0.505 e. The number of benzene rings is 3. The van der Waals surface area contributed by atoms with Crippen LogP contribution in [0.3, 0.4) is 0 Å². The van der Waals surface area contributed by atoms with Gasteiger partial charge in [-0.3, -0.25) is 5.32 Å². The molecule has 0 atom stereocenters. The van der Waals surface area contributed by atoms with Crippen molar-refractivity contribution in [1.29, 1.82) is 0 Å². The number of phenolic OH excluding ortho intramolecular Hbond substituents is 1. The fourth-order valence-corrected chi connectivity index (χ4v) is 4.63. The summed E-state index contributed by atoms with van der Waals surface area (Å²) < 4.78 is 6.69. The number of ether oxygens (including phenoxy) is 1. The molecule has 0 heterocycles. The van der Waals surface area contributed by atoms with Crippen molar-refractivity contribution in [2.45, 2.75) is 5.92 Å². The van der Waals surface area contributed by atoms with Crippen LogP contribution in [-0.4, -0.2) is 17.8 Å². The number of halogens is 2. The minimum atomic E-state index is -0.614. The number of amides is 1. The molecule has 0 saturated carbocycles. The predicted molar refractivity (Wildman–Crippen MR) is 112 cm³/mol. The van der Waals surface area contributed by atoms with Crippen LogP contribution in [0.4, 0.5) is 10.5 Å². The normalized spacial score (nSPS) is 12.4. The SMILES string of the molecule is O=C(Nc1cc(Br)cc(Br)c1O)OCC1c2ccccc2-c2ccccc21. The number of aromatic hydroxyl groups is 1. The molecule has 1 aliphatic carbocycles. The number of fused-ring (bicyclic) bond motifs is 3. The van der Waals surface area contributed by atoms with Gasteiger partial charge in [0.15, 0.2) is 5.75 Å². The second kappa shape index (κ2) is 7.37.